The topological polar surface area (TPSA) is 35.5 Å². The van der Waals surface area contributed by atoms with Gasteiger partial charge >= 0.3 is 5.97 Å². The molecule has 0 aliphatic carbocycles. The largest absolute Gasteiger partial charge is 0.483 e. The molecule has 1 heterocycles. The normalized spacial score (nSPS) is 26.9. The quantitative estimate of drug-likeness (QED) is 0.534. The van der Waals surface area contributed by atoms with Crippen molar-refractivity contribution in [3.8, 4) is 0 Å². The first-order valence-corrected chi connectivity index (χ1v) is 5.42. The number of esters is 1. The van der Waals surface area contributed by atoms with Crippen LogP contribution in [0.1, 0.15) is 34.1 Å². The second-order valence-electron chi connectivity index (χ2n) is 5.56. The van der Waals surface area contributed by atoms with Crippen LogP contribution in [-0.2, 0) is 14.3 Å². The highest BCUT2D eigenvalue weighted by molar-refractivity contribution is 5.82. The minimum absolute atomic E-state index is 0.180. The van der Waals surface area contributed by atoms with Crippen LogP contribution in [0.25, 0.3) is 0 Å². The van der Waals surface area contributed by atoms with Crippen molar-refractivity contribution in [3.05, 3.63) is 24.0 Å². The Morgan fingerprint density at radius 3 is 2.69 bits per heavy atom. The maximum atomic E-state index is 11.1. The van der Waals surface area contributed by atoms with Crippen LogP contribution < -0.4 is 0 Å². The number of methoxy groups -OCH3 is 1. The zero-order valence-corrected chi connectivity index (χ0v) is 10.7. The van der Waals surface area contributed by atoms with Gasteiger partial charge in [-0.15, -0.1) is 0 Å². The summed E-state index contributed by atoms with van der Waals surface area (Å²) in [5, 5.41) is 0. The fraction of sp³-hybridized carbons (Fsp3) is 0.615. The number of rotatable bonds is 2. The van der Waals surface area contributed by atoms with Crippen LogP contribution in [0.5, 0.6) is 0 Å². The van der Waals surface area contributed by atoms with E-state index in [4.69, 9.17) is 4.74 Å². The molecule has 0 fully saturated rings. The Balaban J connectivity index is 2.69. The lowest BCUT2D eigenvalue weighted by Crippen LogP contribution is -2.28. The summed E-state index contributed by atoms with van der Waals surface area (Å²) in [4.78, 5) is 11.1. The van der Waals surface area contributed by atoms with Crippen molar-refractivity contribution in [1.82, 2.24) is 0 Å². The standard InChI is InChI=1S/C13H20O3/c1-12(2,3)9-13(4)7-6-10(16-13)8-11(14)15-5/h6-8H,9H2,1-5H3/b10-8+. The fourth-order valence-electron chi connectivity index (χ4n) is 2.00. The Hall–Kier alpha value is -1.25. The molecule has 1 rings (SSSR count). The van der Waals surface area contributed by atoms with Gasteiger partial charge in [-0.3, -0.25) is 0 Å². The van der Waals surface area contributed by atoms with Crippen LogP contribution in [0.3, 0.4) is 0 Å². The van der Waals surface area contributed by atoms with Crippen molar-refractivity contribution < 1.29 is 14.3 Å². The van der Waals surface area contributed by atoms with Gasteiger partial charge < -0.3 is 9.47 Å². The summed E-state index contributed by atoms with van der Waals surface area (Å²) >= 11 is 0. The average molecular weight is 224 g/mol. The molecule has 0 bridgehead atoms. The Morgan fingerprint density at radius 2 is 2.19 bits per heavy atom. The summed E-state index contributed by atoms with van der Waals surface area (Å²) in [6.07, 6.45) is 6.08. The van der Waals surface area contributed by atoms with E-state index in [0.29, 0.717) is 5.76 Å². The van der Waals surface area contributed by atoms with Crippen LogP contribution in [-0.4, -0.2) is 18.7 Å². The molecule has 1 atom stereocenters. The molecule has 0 saturated carbocycles. The summed E-state index contributed by atoms with van der Waals surface area (Å²) < 4.78 is 10.3. The average Bonchev–Trinajstić information content (AvgIpc) is 2.43. The number of hydrogen-bond donors (Lipinski definition) is 0. The summed E-state index contributed by atoms with van der Waals surface area (Å²) in [6.45, 7) is 8.51. The van der Waals surface area contributed by atoms with E-state index in [-0.39, 0.29) is 17.0 Å². The molecule has 0 aromatic rings. The van der Waals surface area contributed by atoms with Crippen LogP contribution in [0.15, 0.2) is 24.0 Å². The predicted molar refractivity (Wildman–Crippen MR) is 62.8 cm³/mol. The Labute approximate surface area is 97.1 Å². The van der Waals surface area contributed by atoms with Gasteiger partial charge in [0.15, 0.2) is 0 Å². The van der Waals surface area contributed by atoms with Crippen LogP contribution in [0.2, 0.25) is 0 Å². The first-order chi connectivity index (χ1) is 7.24. The first-order valence-electron chi connectivity index (χ1n) is 5.42. The van der Waals surface area contributed by atoms with Gasteiger partial charge in [0, 0.05) is 0 Å². The maximum Gasteiger partial charge on any atom is 0.334 e. The predicted octanol–water partition coefficient (Wildman–Crippen LogP) is 2.82. The minimum atomic E-state index is -0.389. The molecule has 1 aliphatic heterocycles. The molecule has 0 saturated heterocycles. The highest BCUT2D eigenvalue weighted by atomic mass is 16.5. The van der Waals surface area contributed by atoms with Crippen molar-refractivity contribution in [2.75, 3.05) is 7.11 Å². The van der Waals surface area contributed by atoms with Crippen LogP contribution in [0.4, 0.5) is 0 Å². The van der Waals surface area contributed by atoms with Crippen molar-refractivity contribution in [1.29, 1.82) is 0 Å². The van der Waals surface area contributed by atoms with Crippen LogP contribution in [0, 0.1) is 5.41 Å². The Kier molecular flexibility index (Phi) is 3.46. The molecule has 3 nitrogen and oxygen atoms in total. The molecule has 0 N–H and O–H groups in total. The van der Waals surface area contributed by atoms with E-state index in [1.54, 1.807) is 0 Å². The van der Waals surface area contributed by atoms with Gasteiger partial charge in [-0.2, -0.15) is 0 Å². The molecule has 0 radical (unpaired) electrons. The van der Waals surface area contributed by atoms with E-state index < -0.39 is 0 Å². The Bertz CT molecular complexity index is 334. The van der Waals surface area contributed by atoms with Crippen molar-refractivity contribution in [3.63, 3.8) is 0 Å². The zero-order chi connectivity index (χ0) is 12.4. The van der Waals surface area contributed by atoms with Gasteiger partial charge in [0.2, 0.25) is 0 Å². The lowest BCUT2D eigenvalue weighted by molar-refractivity contribution is -0.135. The van der Waals surface area contributed by atoms with Gasteiger partial charge in [0.05, 0.1) is 13.2 Å². The third kappa shape index (κ3) is 3.72. The number of allylic oxidation sites excluding steroid dienone is 1. The number of ether oxygens (including phenoxy) is 2. The fourth-order valence-corrected chi connectivity index (χ4v) is 2.00. The van der Waals surface area contributed by atoms with Crippen molar-refractivity contribution in [2.24, 2.45) is 5.41 Å². The number of hydrogen-bond acceptors (Lipinski definition) is 3. The van der Waals surface area contributed by atoms with Gasteiger partial charge in [-0.1, -0.05) is 20.8 Å². The van der Waals surface area contributed by atoms with Gasteiger partial charge in [-0.05, 0) is 30.9 Å². The van der Waals surface area contributed by atoms with E-state index >= 15 is 0 Å². The molecule has 0 aromatic carbocycles. The van der Waals surface area contributed by atoms with E-state index in [9.17, 15) is 4.79 Å². The van der Waals surface area contributed by atoms with E-state index in [2.05, 4.69) is 25.5 Å². The second-order valence-corrected chi connectivity index (χ2v) is 5.56. The molecular weight excluding hydrogens is 204 g/mol. The molecule has 0 aromatic heterocycles. The lowest BCUT2D eigenvalue weighted by Gasteiger charge is -2.30. The SMILES string of the molecule is COC(=O)/C=C1\C=CC(C)(CC(C)(C)C)O1. The van der Waals surface area contributed by atoms with Crippen molar-refractivity contribution >= 4 is 5.97 Å². The highest BCUT2D eigenvalue weighted by Crippen LogP contribution is 2.36. The molecule has 0 spiro atoms. The van der Waals surface area contributed by atoms with E-state index in [1.165, 1.54) is 13.2 Å². The monoisotopic (exact) mass is 224 g/mol. The number of carbonyl (C=O) groups excluding carboxylic acids is 1. The summed E-state index contributed by atoms with van der Waals surface area (Å²) in [7, 11) is 1.35. The number of carbonyl (C=O) groups is 1. The van der Waals surface area contributed by atoms with Gasteiger partial charge in [-0.25, -0.2) is 4.79 Å². The molecule has 1 unspecified atom stereocenters. The zero-order valence-electron chi connectivity index (χ0n) is 10.7. The van der Waals surface area contributed by atoms with E-state index in [0.717, 1.165) is 6.42 Å². The molecule has 90 valence electrons. The summed E-state index contributed by atoms with van der Waals surface area (Å²) in [6, 6.07) is 0. The highest BCUT2D eigenvalue weighted by Gasteiger charge is 2.33. The molecule has 3 heteroatoms. The Morgan fingerprint density at radius 1 is 1.56 bits per heavy atom. The first kappa shape index (κ1) is 12.8. The third-order valence-electron chi connectivity index (χ3n) is 2.29. The lowest BCUT2D eigenvalue weighted by atomic mass is 9.83. The smallest absolute Gasteiger partial charge is 0.334 e. The summed E-state index contributed by atoms with van der Waals surface area (Å²) in [5.41, 5.74) is -0.141. The maximum absolute atomic E-state index is 11.1. The van der Waals surface area contributed by atoms with Crippen LogP contribution >= 0.6 is 0 Å². The summed E-state index contributed by atoms with van der Waals surface area (Å²) in [5.74, 6) is 0.179. The molecule has 0 amide bonds. The van der Waals surface area contributed by atoms with Gasteiger partial charge in [0.25, 0.3) is 0 Å². The minimum Gasteiger partial charge on any atom is -0.483 e. The molecule has 16 heavy (non-hydrogen) atoms. The van der Waals surface area contributed by atoms with E-state index in [1.807, 2.05) is 19.1 Å². The third-order valence-corrected chi connectivity index (χ3v) is 2.29. The van der Waals surface area contributed by atoms with Gasteiger partial charge in [0.1, 0.15) is 11.4 Å². The second kappa shape index (κ2) is 4.32. The van der Waals surface area contributed by atoms with Crippen molar-refractivity contribution in [2.45, 2.75) is 39.7 Å². The molecule has 1 aliphatic rings. The molecular formula is C13H20O3.